The molecule has 1 unspecified atom stereocenters. The van der Waals surface area contributed by atoms with Gasteiger partial charge in [-0.2, -0.15) is 0 Å². The summed E-state index contributed by atoms with van der Waals surface area (Å²) in [6.07, 6.45) is 75.0. The van der Waals surface area contributed by atoms with Crippen LogP contribution in [0.5, 0.6) is 0 Å². The summed E-state index contributed by atoms with van der Waals surface area (Å²) in [5.41, 5.74) is 0. The maximum absolute atomic E-state index is 12.9. The molecule has 0 fully saturated rings. The molecule has 0 radical (unpaired) electrons. The Kier molecular flexibility index (Phi) is 57.2. The van der Waals surface area contributed by atoms with Crippen molar-refractivity contribution in [1.29, 1.82) is 0 Å². The average Bonchev–Trinajstić information content (AvgIpc) is 3.37. The predicted molar refractivity (Wildman–Crippen MR) is 307 cm³/mol. The highest BCUT2D eigenvalue weighted by molar-refractivity contribution is 5.71. The van der Waals surface area contributed by atoms with Crippen LogP contribution in [-0.2, 0) is 28.6 Å². The van der Waals surface area contributed by atoms with E-state index in [0.717, 1.165) is 103 Å². The summed E-state index contributed by atoms with van der Waals surface area (Å²) in [5.74, 6) is -0.886. The van der Waals surface area contributed by atoms with Crippen LogP contribution in [0.25, 0.3) is 0 Å². The molecule has 6 nitrogen and oxygen atoms in total. The topological polar surface area (TPSA) is 78.9 Å². The zero-order valence-electron chi connectivity index (χ0n) is 47.2. The van der Waals surface area contributed by atoms with E-state index < -0.39 is 6.10 Å². The number of hydrogen-bond acceptors (Lipinski definition) is 6. The molecule has 0 amide bonds. The van der Waals surface area contributed by atoms with E-state index in [9.17, 15) is 14.4 Å². The van der Waals surface area contributed by atoms with Crippen LogP contribution in [0.3, 0.4) is 0 Å². The molecule has 0 saturated heterocycles. The molecule has 6 heteroatoms. The van der Waals surface area contributed by atoms with E-state index in [2.05, 4.69) is 81.5 Å². The van der Waals surface area contributed by atoms with Crippen LogP contribution in [0.1, 0.15) is 316 Å². The van der Waals surface area contributed by atoms with Crippen molar-refractivity contribution < 1.29 is 28.6 Å². The standard InChI is InChI=1S/C65H116O6/c1-4-7-10-13-16-19-22-25-28-30-31-32-33-34-35-36-38-40-43-46-49-52-55-58-64(67)70-61-62(60-69-63(66)57-54-51-48-45-42-39-27-24-21-18-15-12-9-6-3)71-65(68)59-56-53-50-47-44-41-37-29-26-23-20-17-14-11-8-5-2/h20,22-23,25,29-31,33-34,37,62H,4-19,21,24,26-28,32,35-36,38-61H2,1-3H3/b23-20-,25-22-,31-30-,34-33-,37-29-. The molecule has 0 aliphatic heterocycles. The second kappa shape index (κ2) is 59.7. The van der Waals surface area contributed by atoms with Gasteiger partial charge in [-0.15, -0.1) is 0 Å². The van der Waals surface area contributed by atoms with Gasteiger partial charge in [-0.3, -0.25) is 14.4 Å². The Balaban J connectivity index is 4.35. The molecule has 412 valence electrons. The molecule has 0 rings (SSSR count). The number of ether oxygens (including phenoxy) is 3. The molecule has 71 heavy (non-hydrogen) atoms. The summed E-state index contributed by atoms with van der Waals surface area (Å²) in [7, 11) is 0. The van der Waals surface area contributed by atoms with Gasteiger partial charge in [-0.1, -0.05) is 268 Å². The first-order chi connectivity index (χ1) is 35.0. The number of esters is 3. The van der Waals surface area contributed by atoms with Crippen molar-refractivity contribution >= 4 is 17.9 Å². The molecule has 1 atom stereocenters. The number of carbonyl (C=O) groups is 3. The van der Waals surface area contributed by atoms with Crippen LogP contribution >= 0.6 is 0 Å². The van der Waals surface area contributed by atoms with Gasteiger partial charge in [0, 0.05) is 19.3 Å². The maximum atomic E-state index is 12.9. The van der Waals surface area contributed by atoms with E-state index in [1.54, 1.807) is 0 Å². The number of hydrogen-bond donors (Lipinski definition) is 0. The quantitative estimate of drug-likeness (QED) is 0.0261. The lowest BCUT2D eigenvalue weighted by molar-refractivity contribution is -0.167. The molecule has 0 bridgehead atoms. The summed E-state index contributed by atoms with van der Waals surface area (Å²) in [6, 6.07) is 0. The molecule has 0 aromatic rings. The van der Waals surface area contributed by atoms with Crippen LogP contribution in [0, 0.1) is 0 Å². The number of rotatable bonds is 56. The van der Waals surface area contributed by atoms with Gasteiger partial charge in [0.15, 0.2) is 6.10 Å². The molecule has 0 N–H and O–H groups in total. The van der Waals surface area contributed by atoms with Gasteiger partial charge in [0.2, 0.25) is 0 Å². The first-order valence-electron chi connectivity index (χ1n) is 30.8. The van der Waals surface area contributed by atoms with Crippen molar-refractivity contribution in [2.75, 3.05) is 13.2 Å². The first-order valence-corrected chi connectivity index (χ1v) is 30.8. The SMILES string of the molecule is CCCCCC/C=C\C/C=C\CCCCCCCC(=O)OC(COC(=O)CCCCCCCCCC/C=C\C/C=C\C/C=C\CCCCCCC)COC(=O)CCCCCCCCCCCCCCCC. The third-order valence-corrected chi connectivity index (χ3v) is 13.5. The number of unbranched alkanes of at least 4 members (excludes halogenated alkanes) is 35. The highest BCUT2D eigenvalue weighted by Crippen LogP contribution is 2.16. The highest BCUT2D eigenvalue weighted by Gasteiger charge is 2.19. The molecular weight excluding hydrogens is 877 g/mol. The lowest BCUT2D eigenvalue weighted by atomic mass is 10.0. The molecule has 0 aliphatic rings. The normalized spacial score (nSPS) is 12.4. The Bertz CT molecular complexity index is 1280. The van der Waals surface area contributed by atoms with Crippen molar-refractivity contribution in [3.05, 3.63) is 60.8 Å². The van der Waals surface area contributed by atoms with Gasteiger partial charge >= 0.3 is 17.9 Å². The Hall–Kier alpha value is -2.89. The minimum absolute atomic E-state index is 0.0796. The van der Waals surface area contributed by atoms with E-state index in [1.807, 2.05) is 0 Å². The fraction of sp³-hybridized carbons (Fsp3) is 0.800. The summed E-state index contributed by atoms with van der Waals surface area (Å²) in [5, 5.41) is 0. The maximum Gasteiger partial charge on any atom is 0.306 e. The van der Waals surface area contributed by atoms with Crippen LogP contribution in [0.4, 0.5) is 0 Å². The summed E-state index contributed by atoms with van der Waals surface area (Å²) in [4.78, 5) is 38.2. The van der Waals surface area contributed by atoms with Crippen LogP contribution in [-0.4, -0.2) is 37.2 Å². The van der Waals surface area contributed by atoms with Crippen LogP contribution in [0.2, 0.25) is 0 Å². The number of carbonyl (C=O) groups excluding carboxylic acids is 3. The van der Waals surface area contributed by atoms with Gasteiger partial charge in [0.25, 0.3) is 0 Å². The minimum Gasteiger partial charge on any atom is -0.462 e. The molecule has 0 heterocycles. The molecule has 0 saturated carbocycles. The largest absolute Gasteiger partial charge is 0.462 e. The third-order valence-electron chi connectivity index (χ3n) is 13.5. The van der Waals surface area contributed by atoms with Crippen molar-refractivity contribution in [2.24, 2.45) is 0 Å². The van der Waals surface area contributed by atoms with Gasteiger partial charge in [-0.05, 0) is 89.9 Å². The molecule has 0 spiro atoms. The molecule has 0 aliphatic carbocycles. The van der Waals surface area contributed by atoms with E-state index >= 15 is 0 Å². The summed E-state index contributed by atoms with van der Waals surface area (Å²) >= 11 is 0. The Morgan fingerprint density at radius 1 is 0.282 bits per heavy atom. The predicted octanol–water partition coefficient (Wildman–Crippen LogP) is 20.8. The van der Waals surface area contributed by atoms with Crippen molar-refractivity contribution in [1.82, 2.24) is 0 Å². The zero-order chi connectivity index (χ0) is 51.4. The Morgan fingerprint density at radius 2 is 0.507 bits per heavy atom. The fourth-order valence-electron chi connectivity index (χ4n) is 8.83. The van der Waals surface area contributed by atoms with E-state index in [0.29, 0.717) is 19.3 Å². The minimum atomic E-state index is -0.784. The Morgan fingerprint density at radius 3 is 0.803 bits per heavy atom. The molecule has 0 aromatic carbocycles. The highest BCUT2D eigenvalue weighted by atomic mass is 16.6. The van der Waals surface area contributed by atoms with Gasteiger partial charge in [-0.25, -0.2) is 0 Å². The first kappa shape index (κ1) is 68.1. The van der Waals surface area contributed by atoms with E-state index in [1.165, 1.54) is 173 Å². The second-order valence-electron chi connectivity index (χ2n) is 20.6. The van der Waals surface area contributed by atoms with Crippen LogP contribution < -0.4 is 0 Å². The van der Waals surface area contributed by atoms with Crippen LogP contribution in [0.15, 0.2) is 60.8 Å². The lowest BCUT2D eigenvalue weighted by Gasteiger charge is -2.18. The summed E-state index contributed by atoms with van der Waals surface area (Å²) < 4.78 is 16.9. The van der Waals surface area contributed by atoms with Crippen molar-refractivity contribution in [2.45, 2.75) is 322 Å². The third kappa shape index (κ3) is 57.9. The van der Waals surface area contributed by atoms with Gasteiger partial charge in [0.05, 0.1) is 0 Å². The van der Waals surface area contributed by atoms with Crippen molar-refractivity contribution in [3.63, 3.8) is 0 Å². The summed E-state index contributed by atoms with van der Waals surface area (Å²) in [6.45, 7) is 6.63. The van der Waals surface area contributed by atoms with Gasteiger partial charge in [0.1, 0.15) is 13.2 Å². The fourth-order valence-corrected chi connectivity index (χ4v) is 8.83. The monoisotopic (exact) mass is 993 g/mol. The van der Waals surface area contributed by atoms with Gasteiger partial charge < -0.3 is 14.2 Å². The zero-order valence-corrected chi connectivity index (χ0v) is 47.2. The Labute approximate surface area is 440 Å². The second-order valence-corrected chi connectivity index (χ2v) is 20.6. The van der Waals surface area contributed by atoms with E-state index in [4.69, 9.17) is 14.2 Å². The molecule has 0 aromatic heterocycles. The smallest absolute Gasteiger partial charge is 0.306 e. The average molecular weight is 994 g/mol. The molecular formula is C65H116O6. The number of allylic oxidation sites excluding steroid dienone is 10. The lowest BCUT2D eigenvalue weighted by Crippen LogP contribution is -2.30. The van der Waals surface area contributed by atoms with E-state index in [-0.39, 0.29) is 31.1 Å². The van der Waals surface area contributed by atoms with Crippen molar-refractivity contribution in [3.8, 4) is 0 Å².